The summed E-state index contributed by atoms with van der Waals surface area (Å²) in [5, 5.41) is 0. The Labute approximate surface area is 200 Å². The molecule has 5 heteroatoms. The van der Waals surface area contributed by atoms with Crippen molar-refractivity contribution in [3.63, 3.8) is 0 Å². The van der Waals surface area contributed by atoms with Crippen LogP contribution in [0.4, 0.5) is 0 Å². The maximum absolute atomic E-state index is 14.1. The Balaban J connectivity index is 3.65. The molecule has 0 atom stereocenters. The molecule has 0 amide bonds. The van der Waals surface area contributed by atoms with Crippen LogP contribution in [0.1, 0.15) is 110 Å². The van der Waals surface area contributed by atoms with Crippen LogP contribution in [0.2, 0.25) is 0 Å². The van der Waals surface area contributed by atoms with E-state index < -0.39 is 16.9 Å². The van der Waals surface area contributed by atoms with Crippen LogP contribution in [-0.2, 0) is 20.5 Å². The van der Waals surface area contributed by atoms with Crippen LogP contribution in [0.25, 0.3) is 0 Å². The Morgan fingerprint density at radius 2 is 1.16 bits per heavy atom. The molecule has 0 radical (unpaired) electrons. The van der Waals surface area contributed by atoms with Gasteiger partial charge in [0.2, 0.25) is 0 Å². The Morgan fingerprint density at radius 1 is 0.719 bits per heavy atom. The van der Waals surface area contributed by atoms with Crippen molar-refractivity contribution in [3.05, 3.63) is 29.3 Å². The maximum atomic E-state index is 14.1. The van der Waals surface area contributed by atoms with Crippen molar-refractivity contribution in [1.29, 1.82) is 0 Å². The molecule has 0 aliphatic rings. The van der Waals surface area contributed by atoms with E-state index in [2.05, 4.69) is 34.6 Å². The zero-order chi connectivity index (χ0) is 24.1. The molecule has 0 saturated carbocycles. The van der Waals surface area contributed by atoms with Gasteiger partial charge in [-0.3, -0.25) is 0 Å². The van der Waals surface area contributed by atoms with Crippen molar-refractivity contribution >= 4 is 16.9 Å². The molecule has 1 rings (SSSR count). The van der Waals surface area contributed by atoms with Gasteiger partial charge in [0, 0.05) is 0 Å². The monoisotopic (exact) mass is 486 g/mol. The molecule has 1 aromatic rings. The Kier molecular flexibility index (Phi) is 13.0. The number of aryl methyl sites for hydroxylation is 2. The number of hydrogen-bond donors (Lipinski definition) is 0. The van der Waals surface area contributed by atoms with Gasteiger partial charge in [-0.25, -0.2) is 0 Å². The number of unbranched alkanes of at least 4 members (excludes halogenated alkanes) is 5. The van der Waals surface area contributed by atoms with E-state index in [1.165, 1.54) is 0 Å². The number of benzene rings is 1. The van der Waals surface area contributed by atoms with Gasteiger partial charge in [0.25, 0.3) is 0 Å². The molecular weight excluding hydrogens is 435 g/mol. The first-order chi connectivity index (χ1) is 15.2. The van der Waals surface area contributed by atoms with E-state index in [1.54, 1.807) is 0 Å². The van der Waals surface area contributed by atoms with Gasteiger partial charge in [0.05, 0.1) is 0 Å². The van der Waals surface area contributed by atoms with Crippen molar-refractivity contribution < 1.29 is 12.4 Å². The first kappa shape index (κ1) is 29.6. The van der Waals surface area contributed by atoms with Crippen molar-refractivity contribution in [1.82, 2.24) is 0 Å². The van der Waals surface area contributed by atoms with Gasteiger partial charge in [-0.05, 0) is 0 Å². The van der Waals surface area contributed by atoms with Gasteiger partial charge >= 0.3 is 200 Å². The summed E-state index contributed by atoms with van der Waals surface area (Å²) in [6, 6.07) is 5.91. The fraction of sp³-hybridized carbons (Fsp3) is 0.778. The second-order valence-electron chi connectivity index (χ2n) is 9.86. The van der Waals surface area contributed by atoms with E-state index in [0.29, 0.717) is 4.90 Å². The van der Waals surface area contributed by atoms with Gasteiger partial charge in [0.1, 0.15) is 0 Å². The molecule has 0 unspecified atom stereocenters. The summed E-state index contributed by atoms with van der Waals surface area (Å²) < 4.78 is 35.1. The van der Waals surface area contributed by atoms with Gasteiger partial charge in [-0.2, -0.15) is 0 Å². The second-order valence-corrected chi connectivity index (χ2v) is 17.3. The van der Waals surface area contributed by atoms with Crippen LogP contribution in [0.15, 0.2) is 23.1 Å². The third kappa shape index (κ3) is 8.10. The van der Waals surface area contributed by atoms with E-state index in [1.807, 2.05) is 25.1 Å². The van der Waals surface area contributed by atoms with E-state index in [9.17, 15) is 8.42 Å². The zero-order valence-corrected chi connectivity index (χ0v) is 23.6. The summed E-state index contributed by atoms with van der Waals surface area (Å²) in [7, 11) is -3.83. The minimum absolute atomic E-state index is 0.462. The number of hydrogen-bond acceptors (Lipinski definition) is 3. The Bertz CT molecular complexity index is 730. The van der Waals surface area contributed by atoms with E-state index in [-0.39, 0.29) is 0 Å². The predicted octanol–water partition coefficient (Wildman–Crippen LogP) is 8.71. The van der Waals surface area contributed by atoms with Gasteiger partial charge < -0.3 is 0 Å². The summed E-state index contributed by atoms with van der Waals surface area (Å²) in [6.07, 6.45) is 15.2. The molecular formula is C27H51O3PS. The summed E-state index contributed by atoms with van der Waals surface area (Å²) in [5.41, 5.74) is 1.76. The first-order valence-corrected chi connectivity index (χ1v) is 17.6. The quantitative estimate of drug-likeness (QED) is 0.195. The molecule has 0 aliphatic carbocycles. The third-order valence-electron chi connectivity index (χ3n) is 6.96. The molecule has 0 aliphatic heterocycles. The predicted molar refractivity (Wildman–Crippen MR) is 144 cm³/mol. The molecule has 188 valence electrons. The standard InChI is InChI=1S/C27H51O3PS/c1-7-12-19-26-20-17-18-25(6)27(26)32(28,29)30-31(21-13-8-2,22-14-9-3,23-15-10-4)24-16-11-5/h17-18,20H,7-16,19,21-24H2,1-6H3. The summed E-state index contributed by atoms with van der Waals surface area (Å²) in [5.74, 6) is 0. The molecule has 0 fully saturated rings. The normalized spacial score (nSPS) is 13.8. The van der Waals surface area contributed by atoms with E-state index >= 15 is 0 Å². The molecule has 0 heterocycles. The van der Waals surface area contributed by atoms with Gasteiger partial charge in [-0.15, -0.1) is 0 Å². The van der Waals surface area contributed by atoms with Crippen molar-refractivity contribution in [2.75, 3.05) is 24.6 Å². The first-order valence-electron chi connectivity index (χ1n) is 13.3. The van der Waals surface area contributed by atoms with Crippen LogP contribution in [0.5, 0.6) is 0 Å². The third-order valence-corrected chi connectivity index (χ3v) is 16.3. The zero-order valence-electron chi connectivity index (χ0n) is 21.9. The SMILES string of the molecule is CCCCc1cccc(C)c1S(=O)(=O)OP(CCCC)(CCCC)(CCCC)CCCC. The van der Waals surface area contributed by atoms with Crippen molar-refractivity contribution in [2.24, 2.45) is 0 Å². The van der Waals surface area contributed by atoms with Crippen molar-refractivity contribution in [3.8, 4) is 0 Å². The van der Waals surface area contributed by atoms with Crippen LogP contribution >= 0.6 is 6.83 Å². The fourth-order valence-corrected chi connectivity index (χ4v) is 15.5. The fourth-order valence-electron chi connectivity index (χ4n) is 5.00. The Hall–Kier alpha value is -0.440. The van der Waals surface area contributed by atoms with Crippen molar-refractivity contribution in [2.45, 2.75) is 117 Å². The van der Waals surface area contributed by atoms with Crippen LogP contribution in [0, 0.1) is 6.92 Å². The molecule has 0 saturated heterocycles. The molecule has 3 nitrogen and oxygen atoms in total. The van der Waals surface area contributed by atoms with Crippen LogP contribution in [0.3, 0.4) is 0 Å². The van der Waals surface area contributed by atoms with Crippen LogP contribution < -0.4 is 0 Å². The molecule has 0 aromatic heterocycles. The molecule has 0 spiro atoms. The summed E-state index contributed by atoms with van der Waals surface area (Å²) in [6.45, 7) is 10.0. The van der Waals surface area contributed by atoms with Gasteiger partial charge in [-0.1, -0.05) is 0 Å². The van der Waals surface area contributed by atoms with E-state index in [4.69, 9.17) is 3.97 Å². The number of rotatable bonds is 18. The topological polar surface area (TPSA) is 43.4 Å². The van der Waals surface area contributed by atoms with Crippen LogP contribution in [-0.4, -0.2) is 33.1 Å². The molecule has 0 bridgehead atoms. The Morgan fingerprint density at radius 3 is 1.56 bits per heavy atom. The average Bonchev–Trinajstić information content (AvgIpc) is 2.77. The van der Waals surface area contributed by atoms with E-state index in [0.717, 1.165) is 106 Å². The molecule has 1 aromatic carbocycles. The summed E-state index contributed by atoms with van der Waals surface area (Å²) >= 11 is 0. The average molecular weight is 487 g/mol. The minimum atomic E-state index is -3.83. The molecule has 32 heavy (non-hydrogen) atoms. The summed E-state index contributed by atoms with van der Waals surface area (Å²) in [4.78, 5) is 0.462. The van der Waals surface area contributed by atoms with Gasteiger partial charge in [0.15, 0.2) is 0 Å². The molecule has 0 N–H and O–H groups in total. The second kappa shape index (κ2) is 14.1.